The molecule has 4 heteroatoms. The van der Waals surface area contributed by atoms with Crippen LogP contribution >= 0.6 is 11.8 Å². The van der Waals surface area contributed by atoms with Gasteiger partial charge >= 0.3 is 0 Å². The van der Waals surface area contributed by atoms with E-state index in [1.54, 1.807) is 11.8 Å². The van der Waals surface area contributed by atoms with Crippen LogP contribution in [0.2, 0.25) is 0 Å². The molecule has 0 spiro atoms. The molecule has 1 atom stereocenters. The van der Waals surface area contributed by atoms with Crippen molar-refractivity contribution < 1.29 is 5.11 Å². The summed E-state index contributed by atoms with van der Waals surface area (Å²) in [5.74, 6) is 1.13. The summed E-state index contributed by atoms with van der Waals surface area (Å²) >= 11 is 1.67. The largest absolute Gasteiger partial charge is 0.396 e. The molecule has 0 aliphatic heterocycles. The summed E-state index contributed by atoms with van der Waals surface area (Å²) in [5.41, 5.74) is 1.55. The third kappa shape index (κ3) is 3.95. The average Bonchev–Trinajstić information content (AvgIpc) is 2.36. The molecule has 1 aromatic carbocycles. The van der Waals surface area contributed by atoms with Gasteiger partial charge in [0.15, 0.2) is 0 Å². The van der Waals surface area contributed by atoms with E-state index in [4.69, 9.17) is 5.11 Å². The molecule has 1 aromatic rings. The van der Waals surface area contributed by atoms with Crippen molar-refractivity contribution in [3.8, 4) is 6.07 Å². The van der Waals surface area contributed by atoms with E-state index in [0.29, 0.717) is 12.1 Å². The van der Waals surface area contributed by atoms with E-state index < -0.39 is 0 Å². The first kappa shape index (κ1) is 13.9. The third-order valence-electron chi connectivity index (χ3n) is 2.39. The molecule has 0 heterocycles. The summed E-state index contributed by atoms with van der Waals surface area (Å²) < 4.78 is 0. The Labute approximate surface area is 107 Å². The summed E-state index contributed by atoms with van der Waals surface area (Å²) in [7, 11) is 0. The fourth-order valence-electron chi connectivity index (χ4n) is 1.42. The average molecular weight is 250 g/mol. The van der Waals surface area contributed by atoms with Gasteiger partial charge in [-0.3, -0.25) is 0 Å². The van der Waals surface area contributed by atoms with E-state index in [1.165, 1.54) is 0 Å². The lowest BCUT2D eigenvalue weighted by Crippen LogP contribution is -2.15. The van der Waals surface area contributed by atoms with Crippen molar-refractivity contribution in [1.29, 1.82) is 5.26 Å². The molecule has 0 aliphatic rings. The summed E-state index contributed by atoms with van der Waals surface area (Å²) in [6.07, 6.45) is 0. The number of hydrogen-bond donors (Lipinski definition) is 2. The van der Waals surface area contributed by atoms with E-state index in [0.717, 1.165) is 16.3 Å². The van der Waals surface area contributed by atoms with Crippen LogP contribution < -0.4 is 5.32 Å². The van der Waals surface area contributed by atoms with E-state index >= 15 is 0 Å². The zero-order chi connectivity index (χ0) is 12.7. The van der Waals surface area contributed by atoms with Crippen LogP contribution in [0, 0.1) is 17.2 Å². The number of thioether (sulfide) groups is 1. The van der Waals surface area contributed by atoms with Gasteiger partial charge in [0.2, 0.25) is 0 Å². The van der Waals surface area contributed by atoms with Crippen molar-refractivity contribution in [1.82, 2.24) is 0 Å². The maximum absolute atomic E-state index is 9.20. The second kappa shape index (κ2) is 7.21. The molecule has 0 amide bonds. The monoisotopic (exact) mass is 250 g/mol. The number of anilines is 1. The summed E-state index contributed by atoms with van der Waals surface area (Å²) in [6, 6.07) is 8.06. The molecule has 0 saturated heterocycles. The zero-order valence-electron chi connectivity index (χ0n) is 10.2. The molecule has 0 saturated carbocycles. The van der Waals surface area contributed by atoms with Crippen LogP contribution in [-0.4, -0.2) is 24.0 Å². The third-order valence-corrected chi connectivity index (χ3v) is 3.33. The van der Waals surface area contributed by atoms with Gasteiger partial charge in [-0.2, -0.15) is 5.26 Å². The van der Waals surface area contributed by atoms with Crippen LogP contribution in [0.15, 0.2) is 23.1 Å². The number of aliphatic hydroxyl groups is 1. The Bertz CT molecular complexity index is 401. The van der Waals surface area contributed by atoms with Gasteiger partial charge in [-0.15, -0.1) is 11.8 Å². The predicted octanol–water partition coefficient (Wildman–Crippen LogP) is 2.71. The van der Waals surface area contributed by atoms with Gasteiger partial charge in [0.1, 0.15) is 6.07 Å². The molecule has 3 nitrogen and oxygen atoms in total. The van der Waals surface area contributed by atoms with Gasteiger partial charge in [0, 0.05) is 18.0 Å². The number of benzene rings is 1. The number of rotatable bonds is 6. The van der Waals surface area contributed by atoms with Crippen molar-refractivity contribution in [2.24, 2.45) is 5.92 Å². The molecule has 1 unspecified atom stereocenters. The number of aliphatic hydroxyl groups excluding tert-OH is 1. The Hall–Kier alpha value is -1.18. The SMILES string of the molecule is CCSc1cccc(NCC(C)CO)c1C#N. The molecule has 2 N–H and O–H groups in total. The maximum Gasteiger partial charge on any atom is 0.102 e. The highest BCUT2D eigenvalue weighted by Crippen LogP contribution is 2.27. The van der Waals surface area contributed by atoms with Crippen molar-refractivity contribution in [2.45, 2.75) is 18.7 Å². The van der Waals surface area contributed by atoms with Crippen molar-refractivity contribution in [3.05, 3.63) is 23.8 Å². The maximum atomic E-state index is 9.20. The molecular formula is C13H18N2OS. The molecule has 0 fully saturated rings. The fraction of sp³-hybridized carbons (Fsp3) is 0.462. The van der Waals surface area contributed by atoms with Crippen LogP contribution in [0.4, 0.5) is 5.69 Å². The summed E-state index contributed by atoms with van der Waals surface area (Å²) in [4.78, 5) is 1.01. The Kier molecular flexibility index (Phi) is 5.88. The van der Waals surface area contributed by atoms with Crippen molar-refractivity contribution in [2.75, 3.05) is 24.2 Å². The smallest absolute Gasteiger partial charge is 0.102 e. The van der Waals surface area contributed by atoms with E-state index in [9.17, 15) is 5.26 Å². The molecule has 0 radical (unpaired) electrons. The Morgan fingerprint density at radius 1 is 1.53 bits per heavy atom. The van der Waals surface area contributed by atoms with Crippen LogP contribution in [0.1, 0.15) is 19.4 Å². The van der Waals surface area contributed by atoms with Gasteiger partial charge < -0.3 is 10.4 Å². The number of nitrogens with one attached hydrogen (secondary N) is 1. The normalized spacial score (nSPS) is 11.9. The topological polar surface area (TPSA) is 56.0 Å². The minimum absolute atomic E-state index is 0.151. The van der Waals surface area contributed by atoms with Gasteiger partial charge in [-0.25, -0.2) is 0 Å². The lowest BCUT2D eigenvalue weighted by Gasteiger charge is -2.13. The van der Waals surface area contributed by atoms with E-state index in [-0.39, 0.29) is 12.5 Å². The minimum Gasteiger partial charge on any atom is -0.396 e. The van der Waals surface area contributed by atoms with Crippen LogP contribution in [-0.2, 0) is 0 Å². The standard InChI is InChI=1S/C13H18N2OS/c1-3-17-13-6-4-5-12(11(13)7-14)15-8-10(2)9-16/h4-6,10,15-16H,3,8-9H2,1-2H3. The fourth-order valence-corrected chi connectivity index (χ4v) is 2.20. The summed E-state index contributed by atoms with van der Waals surface area (Å²) in [6.45, 7) is 4.85. The quantitative estimate of drug-likeness (QED) is 0.762. The summed E-state index contributed by atoms with van der Waals surface area (Å²) in [5, 5.41) is 21.4. The Morgan fingerprint density at radius 2 is 2.29 bits per heavy atom. The lowest BCUT2D eigenvalue weighted by atomic mass is 10.1. The second-order valence-corrected chi connectivity index (χ2v) is 5.20. The second-order valence-electron chi connectivity index (χ2n) is 3.89. The van der Waals surface area contributed by atoms with Gasteiger partial charge in [0.25, 0.3) is 0 Å². The predicted molar refractivity (Wildman–Crippen MR) is 72.3 cm³/mol. The highest BCUT2D eigenvalue weighted by Gasteiger charge is 2.08. The molecule has 17 heavy (non-hydrogen) atoms. The first-order valence-electron chi connectivity index (χ1n) is 5.73. The molecular weight excluding hydrogens is 232 g/mol. The highest BCUT2D eigenvalue weighted by atomic mass is 32.2. The first-order valence-corrected chi connectivity index (χ1v) is 6.72. The number of nitrogens with zero attached hydrogens (tertiary/aromatic N) is 1. The molecule has 0 bridgehead atoms. The molecule has 92 valence electrons. The van der Waals surface area contributed by atoms with Gasteiger partial charge in [-0.1, -0.05) is 19.9 Å². The van der Waals surface area contributed by atoms with Gasteiger partial charge in [-0.05, 0) is 23.8 Å². The Morgan fingerprint density at radius 3 is 2.88 bits per heavy atom. The van der Waals surface area contributed by atoms with Crippen molar-refractivity contribution in [3.63, 3.8) is 0 Å². The molecule has 0 aliphatic carbocycles. The van der Waals surface area contributed by atoms with Gasteiger partial charge in [0.05, 0.1) is 11.3 Å². The highest BCUT2D eigenvalue weighted by molar-refractivity contribution is 7.99. The zero-order valence-corrected chi connectivity index (χ0v) is 11.0. The molecule has 1 rings (SSSR count). The van der Waals surface area contributed by atoms with E-state index in [2.05, 4.69) is 18.3 Å². The number of hydrogen-bond acceptors (Lipinski definition) is 4. The van der Waals surface area contributed by atoms with Crippen molar-refractivity contribution >= 4 is 17.4 Å². The minimum atomic E-state index is 0.151. The van der Waals surface area contributed by atoms with Crippen LogP contribution in [0.25, 0.3) is 0 Å². The molecule has 0 aromatic heterocycles. The van der Waals surface area contributed by atoms with E-state index in [1.807, 2.05) is 25.1 Å². The van der Waals surface area contributed by atoms with Crippen LogP contribution in [0.3, 0.4) is 0 Å². The lowest BCUT2D eigenvalue weighted by molar-refractivity contribution is 0.244. The number of nitriles is 1. The van der Waals surface area contributed by atoms with Crippen LogP contribution in [0.5, 0.6) is 0 Å². The Balaban J connectivity index is 2.84. The first-order chi connectivity index (χ1) is 8.22.